The number of anilines is 1. The van der Waals surface area contributed by atoms with E-state index in [4.69, 9.17) is 16.2 Å². The van der Waals surface area contributed by atoms with Gasteiger partial charge in [-0.1, -0.05) is 6.07 Å². The number of pyridine rings is 1. The Hall–Kier alpha value is -3.66. The molecule has 0 spiro atoms. The predicted octanol–water partition coefficient (Wildman–Crippen LogP) is 1.65. The maximum absolute atomic E-state index is 12.6. The van der Waals surface area contributed by atoms with E-state index in [1.807, 2.05) is 12.1 Å². The highest BCUT2D eigenvalue weighted by Crippen LogP contribution is 2.42. The molecule has 0 saturated heterocycles. The van der Waals surface area contributed by atoms with Crippen LogP contribution in [0.2, 0.25) is 0 Å². The molecule has 160 valence electrons. The molecular formula is C21H24N8O2. The summed E-state index contributed by atoms with van der Waals surface area (Å²) in [6.45, 7) is 1.07. The lowest BCUT2D eigenvalue weighted by atomic mass is 9.94. The molecule has 31 heavy (non-hydrogen) atoms. The van der Waals surface area contributed by atoms with Crippen LogP contribution in [0.5, 0.6) is 0 Å². The van der Waals surface area contributed by atoms with Gasteiger partial charge in [0.2, 0.25) is 5.95 Å². The van der Waals surface area contributed by atoms with E-state index in [9.17, 15) is 4.79 Å². The van der Waals surface area contributed by atoms with Crippen LogP contribution in [-0.2, 0) is 11.3 Å². The van der Waals surface area contributed by atoms with Gasteiger partial charge in [-0.3, -0.25) is 14.5 Å². The lowest BCUT2D eigenvalue weighted by Crippen LogP contribution is -2.25. The zero-order valence-electron chi connectivity index (χ0n) is 17.2. The first kappa shape index (κ1) is 20.6. The van der Waals surface area contributed by atoms with Gasteiger partial charge in [-0.05, 0) is 30.4 Å². The van der Waals surface area contributed by atoms with Crippen LogP contribution in [0, 0.1) is 5.92 Å². The predicted molar refractivity (Wildman–Crippen MR) is 115 cm³/mol. The van der Waals surface area contributed by atoms with Gasteiger partial charge in [0.1, 0.15) is 5.84 Å². The summed E-state index contributed by atoms with van der Waals surface area (Å²) in [5.74, 6) is 0.301. The second-order valence-electron chi connectivity index (χ2n) is 7.45. The molecule has 1 saturated carbocycles. The number of amides is 1. The number of rotatable bonds is 8. The number of aromatic nitrogens is 5. The molecule has 1 aliphatic carbocycles. The van der Waals surface area contributed by atoms with Crippen molar-refractivity contribution < 1.29 is 9.53 Å². The lowest BCUT2D eigenvalue weighted by molar-refractivity contribution is 0.100. The molecule has 0 aromatic carbocycles. The Morgan fingerprint density at radius 1 is 1.23 bits per heavy atom. The molecule has 10 nitrogen and oxygen atoms in total. The molecule has 3 aromatic rings. The van der Waals surface area contributed by atoms with Crippen molar-refractivity contribution in [2.24, 2.45) is 16.6 Å². The molecule has 1 aliphatic rings. The van der Waals surface area contributed by atoms with Crippen LogP contribution in [0.4, 0.5) is 5.95 Å². The van der Waals surface area contributed by atoms with Crippen LogP contribution < -0.4 is 11.5 Å². The van der Waals surface area contributed by atoms with Crippen molar-refractivity contribution >= 4 is 17.7 Å². The van der Waals surface area contributed by atoms with E-state index in [2.05, 4.69) is 25.0 Å². The van der Waals surface area contributed by atoms with E-state index in [1.54, 1.807) is 36.6 Å². The summed E-state index contributed by atoms with van der Waals surface area (Å²) in [5.41, 5.74) is 14.7. The van der Waals surface area contributed by atoms with Crippen LogP contribution in [0.1, 0.15) is 34.7 Å². The molecule has 3 heterocycles. The molecule has 10 heteroatoms. The Balaban J connectivity index is 1.52. The molecular weight excluding hydrogens is 396 g/mol. The number of carbonyl (C=O) groups excluding carboxylic acids is 1. The Bertz CT molecular complexity index is 1070. The number of nitrogen functional groups attached to an aromatic ring is 1. The van der Waals surface area contributed by atoms with Crippen LogP contribution in [-0.4, -0.2) is 50.2 Å². The minimum absolute atomic E-state index is 0.156. The largest absolute Gasteiger partial charge is 0.387 e. The molecule has 3 aromatic heterocycles. The standard InChI is InChI=1S/C21H24N8O2/c1-31-7-6-29-12-16(11-27-29)20(30)28-19(22)18(13-2-3-13)14-4-5-17(24-8-14)15-9-25-21(23)26-10-15/h4-5,8-13,18H,2-3,6-7H2,1H3,(H2,22,28,30)(H2,23,25,26). The second kappa shape index (κ2) is 9.00. The monoisotopic (exact) mass is 420 g/mol. The fraction of sp³-hybridized carbons (Fsp3) is 0.333. The topological polar surface area (TPSA) is 147 Å². The van der Waals surface area contributed by atoms with Gasteiger partial charge in [-0.2, -0.15) is 10.1 Å². The van der Waals surface area contributed by atoms with E-state index < -0.39 is 5.91 Å². The number of hydrogen-bond donors (Lipinski definition) is 2. The van der Waals surface area contributed by atoms with Gasteiger partial charge >= 0.3 is 0 Å². The third-order valence-corrected chi connectivity index (χ3v) is 5.16. The number of nitrogens with two attached hydrogens (primary N) is 2. The normalized spacial score (nSPS) is 15.1. The Kier molecular flexibility index (Phi) is 5.99. The zero-order chi connectivity index (χ0) is 21.8. The van der Waals surface area contributed by atoms with Crippen molar-refractivity contribution in [2.45, 2.75) is 25.3 Å². The summed E-state index contributed by atoms with van der Waals surface area (Å²) in [4.78, 5) is 29.3. The van der Waals surface area contributed by atoms with Crippen molar-refractivity contribution in [2.75, 3.05) is 19.5 Å². The van der Waals surface area contributed by atoms with Crippen molar-refractivity contribution in [3.05, 3.63) is 54.2 Å². The molecule has 1 fully saturated rings. The molecule has 1 unspecified atom stereocenters. The maximum atomic E-state index is 12.6. The van der Waals surface area contributed by atoms with Gasteiger partial charge in [0.15, 0.2) is 0 Å². The Morgan fingerprint density at radius 3 is 2.65 bits per heavy atom. The number of hydrogen-bond acceptors (Lipinski definition) is 7. The Morgan fingerprint density at radius 2 is 2.00 bits per heavy atom. The lowest BCUT2D eigenvalue weighted by Gasteiger charge is -2.16. The van der Waals surface area contributed by atoms with Gasteiger partial charge in [0.25, 0.3) is 5.91 Å². The minimum atomic E-state index is -0.407. The number of amidine groups is 1. The molecule has 0 bridgehead atoms. The van der Waals surface area contributed by atoms with Crippen molar-refractivity contribution in [1.29, 1.82) is 0 Å². The summed E-state index contributed by atoms with van der Waals surface area (Å²) >= 11 is 0. The number of carbonyl (C=O) groups is 1. The number of methoxy groups -OCH3 is 1. The van der Waals surface area contributed by atoms with Crippen molar-refractivity contribution in [1.82, 2.24) is 24.7 Å². The summed E-state index contributed by atoms with van der Waals surface area (Å²) in [5, 5.41) is 4.15. The van der Waals surface area contributed by atoms with Crippen molar-refractivity contribution in [3.63, 3.8) is 0 Å². The minimum Gasteiger partial charge on any atom is -0.387 e. The highest BCUT2D eigenvalue weighted by Gasteiger charge is 2.35. The zero-order valence-corrected chi connectivity index (χ0v) is 17.2. The van der Waals surface area contributed by atoms with Crippen molar-refractivity contribution in [3.8, 4) is 11.3 Å². The molecule has 0 aliphatic heterocycles. The fourth-order valence-corrected chi connectivity index (χ4v) is 3.38. The second-order valence-corrected chi connectivity index (χ2v) is 7.45. The average Bonchev–Trinajstić information content (AvgIpc) is 3.48. The SMILES string of the molecule is COCCn1cc(C(=O)N=C(N)C(c2ccc(-c3cnc(N)nc3)nc2)C2CC2)cn1. The first-order chi connectivity index (χ1) is 15.0. The fourth-order valence-electron chi connectivity index (χ4n) is 3.38. The highest BCUT2D eigenvalue weighted by atomic mass is 16.5. The number of ether oxygens (including phenoxy) is 1. The summed E-state index contributed by atoms with van der Waals surface area (Å²) in [6.07, 6.45) is 10.2. The molecule has 0 radical (unpaired) electrons. The maximum Gasteiger partial charge on any atom is 0.281 e. The summed E-state index contributed by atoms with van der Waals surface area (Å²) in [6, 6.07) is 3.84. The molecule has 1 amide bonds. The Labute approximate surface area is 179 Å². The number of aliphatic imine (C=N–C) groups is 1. The summed E-state index contributed by atoms with van der Waals surface area (Å²) in [7, 11) is 1.61. The van der Waals surface area contributed by atoms with E-state index in [0.717, 1.165) is 29.7 Å². The van der Waals surface area contributed by atoms with E-state index >= 15 is 0 Å². The first-order valence-corrected chi connectivity index (χ1v) is 9.98. The van der Waals surface area contributed by atoms with Gasteiger partial charge in [0.05, 0.1) is 30.6 Å². The average molecular weight is 420 g/mol. The van der Waals surface area contributed by atoms with Crippen LogP contribution in [0.3, 0.4) is 0 Å². The van der Waals surface area contributed by atoms with Crippen LogP contribution >= 0.6 is 0 Å². The molecule has 1 atom stereocenters. The van der Waals surface area contributed by atoms with Crippen LogP contribution in [0.15, 0.2) is 48.1 Å². The molecule has 4 N–H and O–H groups in total. The van der Waals surface area contributed by atoms with E-state index in [-0.39, 0.29) is 11.9 Å². The van der Waals surface area contributed by atoms with Gasteiger partial charge in [0, 0.05) is 43.4 Å². The number of nitrogens with zero attached hydrogens (tertiary/aromatic N) is 6. The molecule has 4 rings (SSSR count). The van der Waals surface area contributed by atoms with E-state index in [1.165, 1.54) is 6.20 Å². The first-order valence-electron chi connectivity index (χ1n) is 9.98. The quantitative estimate of drug-likeness (QED) is 0.413. The van der Waals surface area contributed by atoms with Gasteiger partial charge in [-0.15, -0.1) is 0 Å². The third-order valence-electron chi connectivity index (χ3n) is 5.16. The third kappa shape index (κ3) is 4.92. The van der Waals surface area contributed by atoms with Gasteiger partial charge < -0.3 is 16.2 Å². The van der Waals surface area contributed by atoms with E-state index in [0.29, 0.717) is 30.5 Å². The van der Waals surface area contributed by atoms with Gasteiger partial charge in [-0.25, -0.2) is 9.97 Å². The highest BCUT2D eigenvalue weighted by molar-refractivity contribution is 6.04. The van der Waals surface area contributed by atoms with Crippen LogP contribution in [0.25, 0.3) is 11.3 Å². The smallest absolute Gasteiger partial charge is 0.281 e. The summed E-state index contributed by atoms with van der Waals surface area (Å²) < 4.78 is 6.67.